The average Bonchev–Trinajstić information content (AvgIpc) is 2.75. The SMILES string of the molecule is CC1CCCCN1c1ccc2cccc(OCC(=O)Nc3ccc(Cl)c(Cl)c3)c2n1. The number of carbonyl (C=O) groups is 1. The molecule has 7 heteroatoms. The van der Waals surface area contributed by atoms with Crippen molar-refractivity contribution in [2.75, 3.05) is 23.4 Å². The van der Waals surface area contributed by atoms with Crippen molar-refractivity contribution >= 4 is 51.5 Å². The molecule has 0 aliphatic carbocycles. The van der Waals surface area contributed by atoms with Gasteiger partial charge in [0.2, 0.25) is 0 Å². The lowest BCUT2D eigenvalue weighted by atomic mass is 10.0. The molecule has 2 heterocycles. The summed E-state index contributed by atoms with van der Waals surface area (Å²) in [6.45, 7) is 3.11. The summed E-state index contributed by atoms with van der Waals surface area (Å²) < 4.78 is 5.82. The van der Waals surface area contributed by atoms with Crippen LogP contribution in [0, 0.1) is 0 Å². The third-order valence-electron chi connectivity index (χ3n) is 5.33. The number of benzene rings is 2. The van der Waals surface area contributed by atoms with Gasteiger partial charge in [0.15, 0.2) is 6.61 Å². The molecule has 1 aliphatic rings. The third-order valence-corrected chi connectivity index (χ3v) is 6.07. The van der Waals surface area contributed by atoms with E-state index in [2.05, 4.69) is 29.3 Å². The average molecular weight is 444 g/mol. The second kappa shape index (κ2) is 9.11. The molecule has 2 aromatic carbocycles. The van der Waals surface area contributed by atoms with Gasteiger partial charge in [-0.1, -0.05) is 35.3 Å². The molecule has 0 saturated carbocycles. The standard InChI is InChI=1S/C23H23Cl2N3O2/c1-15-5-2-3-12-28(15)21-11-8-16-6-4-7-20(23(16)27-21)30-14-22(29)26-17-9-10-18(24)19(25)13-17/h4,6-11,13,15H,2-3,5,12,14H2,1H3,(H,26,29). The van der Waals surface area contributed by atoms with Gasteiger partial charge in [-0.25, -0.2) is 4.98 Å². The number of nitrogens with one attached hydrogen (secondary N) is 1. The lowest BCUT2D eigenvalue weighted by Gasteiger charge is -2.34. The van der Waals surface area contributed by atoms with Gasteiger partial charge in [-0.05, 0) is 62.6 Å². The Morgan fingerprint density at radius 2 is 2.03 bits per heavy atom. The molecule has 156 valence electrons. The number of hydrogen-bond acceptors (Lipinski definition) is 4. The van der Waals surface area contributed by atoms with Gasteiger partial charge in [0.1, 0.15) is 17.1 Å². The van der Waals surface area contributed by atoms with Gasteiger partial charge in [-0.3, -0.25) is 4.79 Å². The number of fused-ring (bicyclic) bond motifs is 1. The number of pyridine rings is 1. The minimum atomic E-state index is -0.286. The summed E-state index contributed by atoms with van der Waals surface area (Å²) in [5.74, 6) is 1.25. The number of hydrogen-bond donors (Lipinski definition) is 1. The molecule has 0 radical (unpaired) electrons. The van der Waals surface area contributed by atoms with Crippen LogP contribution in [0.2, 0.25) is 10.0 Å². The van der Waals surface area contributed by atoms with Crippen LogP contribution in [0.25, 0.3) is 10.9 Å². The van der Waals surface area contributed by atoms with Crippen LogP contribution >= 0.6 is 23.2 Å². The summed E-state index contributed by atoms with van der Waals surface area (Å²) in [6, 6.07) is 15.3. The van der Waals surface area contributed by atoms with Crippen LogP contribution in [-0.4, -0.2) is 30.1 Å². The van der Waals surface area contributed by atoms with Crippen LogP contribution in [-0.2, 0) is 4.79 Å². The summed E-state index contributed by atoms with van der Waals surface area (Å²) in [5, 5.41) is 4.56. The second-order valence-electron chi connectivity index (χ2n) is 7.50. The Morgan fingerprint density at radius 3 is 2.83 bits per heavy atom. The fraction of sp³-hybridized carbons (Fsp3) is 0.304. The highest BCUT2D eigenvalue weighted by Gasteiger charge is 2.20. The highest BCUT2D eigenvalue weighted by molar-refractivity contribution is 6.42. The molecule has 4 rings (SSSR count). The molecule has 5 nitrogen and oxygen atoms in total. The van der Waals surface area contributed by atoms with Gasteiger partial charge in [0, 0.05) is 23.7 Å². The maximum absolute atomic E-state index is 12.3. The smallest absolute Gasteiger partial charge is 0.262 e. The Labute approximate surface area is 185 Å². The fourth-order valence-corrected chi connectivity index (χ4v) is 4.04. The highest BCUT2D eigenvalue weighted by Crippen LogP contribution is 2.29. The van der Waals surface area contributed by atoms with Gasteiger partial charge in [0.25, 0.3) is 5.91 Å². The molecule has 0 bridgehead atoms. The van der Waals surface area contributed by atoms with Crippen molar-refractivity contribution in [1.29, 1.82) is 0 Å². The van der Waals surface area contributed by atoms with Crippen molar-refractivity contribution in [3.05, 3.63) is 58.6 Å². The van der Waals surface area contributed by atoms with Crippen molar-refractivity contribution in [2.45, 2.75) is 32.2 Å². The Morgan fingerprint density at radius 1 is 1.17 bits per heavy atom. The van der Waals surface area contributed by atoms with Crippen molar-refractivity contribution in [3.63, 3.8) is 0 Å². The quantitative estimate of drug-likeness (QED) is 0.530. The van der Waals surface area contributed by atoms with Crippen LogP contribution in [0.1, 0.15) is 26.2 Å². The molecule has 1 N–H and O–H groups in total. The van der Waals surface area contributed by atoms with E-state index < -0.39 is 0 Å². The molecule has 1 saturated heterocycles. The number of halogens is 2. The Hall–Kier alpha value is -2.50. The van der Waals surface area contributed by atoms with E-state index in [1.165, 1.54) is 19.3 Å². The molecule has 1 aliphatic heterocycles. The number of carbonyl (C=O) groups excluding carboxylic acids is 1. The highest BCUT2D eigenvalue weighted by atomic mass is 35.5. The van der Waals surface area contributed by atoms with E-state index in [0.29, 0.717) is 27.5 Å². The number of ether oxygens (including phenoxy) is 1. The molecular formula is C23H23Cl2N3O2. The minimum Gasteiger partial charge on any atom is -0.481 e. The second-order valence-corrected chi connectivity index (χ2v) is 8.32. The van der Waals surface area contributed by atoms with E-state index in [1.54, 1.807) is 18.2 Å². The monoisotopic (exact) mass is 443 g/mol. The Bertz CT molecular complexity index is 1070. The third kappa shape index (κ3) is 4.63. The predicted molar refractivity (Wildman–Crippen MR) is 123 cm³/mol. The molecule has 1 aromatic heterocycles. The zero-order valence-electron chi connectivity index (χ0n) is 16.7. The van der Waals surface area contributed by atoms with Crippen molar-refractivity contribution in [3.8, 4) is 5.75 Å². The Kier molecular flexibility index (Phi) is 6.30. The molecule has 1 unspecified atom stereocenters. The molecular weight excluding hydrogens is 421 g/mol. The van der Waals surface area contributed by atoms with Crippen LogP contribution in [0.4, 0.5) is 11.5 Å². The largest absolute Gasteiger partial charge is 0.481 e. The topological polar surface area (TPSA) is 54.5 Å². The minimum absolute atomic E-state index is 0.134. The molecule has 1 atom stereocenters. The number of para-hydroxylation sites is 1. The summed E-state index contributed by atoms with van der Waals surface area (Å²) in [7, 11) is 0. The van der Waals surface area contributed by atoms with Gasteiger partial charge in [0.05, 0.1) is 10.0 Å². The zero-order chi connectivity index (χ0) is 21.1. The maximum atomic E-state index is 12.3. The van der Waals surface area contributed by atoms with Crippen molar-refractivity contribution < 1.29 is 9.53 Å². The van der Waals surface area contributed by atoms with Crippen molar-refractivity contribution in [1.82, 2.24) is 4.98 Å². The van der Waals surface area contributed by atoms with E-state index >= 15 is 0 Å². The van der Waals surface area contributed by atoms with E-state index in [-0.39, 0.29) is 12.5 Å². The molecule has 0 spiro atoms. The number of amides is 1. The lowest BCUT2D eigenvalue weighted by molar-refractivity contribution is -0.118. The summed E-state index contributed by atoms with van der Waals surface area (Å²) in [6.07, 6.45) is 3.61. The summed E-state index contributed by atoms with van der Waals surface area (Å²) in [5.41, 5.74) is 1.32. The first-order valence-electron chi connectivity index (χ1n) is 10.1. The lowest BCUT2D eigenvalue weighted by Crippen LogP contribution is -2.37. The van der Waals surface area contributed by atoms with Crippen LogP contribution in [0.3, 0.4) is 0 Å². The first-order chi connectivity index (χ1) is 14.5. The summed E-state index contributed by atoms with van der Waals surface area (Å²) in [4.78, 5) is 19.5. The van der Waals surface area contributed by atoms with E-state index in [9.17, 15) is 4.79 Å². The van der Waals surface area contributed by atoms with E-state index in [1.807, 2.05) is 18.2 Å². The van der Waals surface area contributed by atoms with E-state index in [0.717, 1.165) is 23.3 Å². The predicted octanol–water partition coefficient (Wildman–Crippen LogP) is 5.94. The summed E-state index contributed by atoms with van der Waals surface area (Å²) >= 11 is 11.9. The molecule has 30 heavy (non-hydrogen) atoms. The molecule has 1 fully saturated rings. The fourth-order valence-electron chi connectivity index (χ4n) is 3.74. The zero-order valence-corrected chi connectivity index (χ0v) is 18.2. The molecule has 3 aromatic rings. The van der Waals surface area contributed by atoms with E-state index in [4.69, 9.17) is 32.9 Å². The van der Waals surface area contributed by atoms with Crippen LogP contribution < -0.4 is 15.0 Å². The number of aromatic nitrogens is 1. The van der Waals surface area contributed by atoms with Crippen LogP contribution in [0.5, 0.6) is 5.75 Å². The van der Waals surface area contributed by atoms with Gasteiger partial charge < -0.3 is 15.0 Å². The first-order valence-corrected chi connectivity index (χ1v) is 10.8. The number of anilines is 2. The maximum Gasteiger partial charge on any atom is 0.262 e. The number of piperidine rings is 1. The normalized spacial score (nSPS) is 16.5. The number of nitrogens with zero attached hydrogens (tertiary/aromatic N) is 2. The van der Waals surface area contributed by atoms with Gasteiger partial charge >= 0.3 is 0 Å². The molecule has 1 amide bonds. The van der Waals surface area contributed by atoms with Gasteiger partial charge in [-0.2, -0.15) is 0 Å². The number of rotatable bonds is 5. The van der Waals surface area contributed by atoms with Crippen LogP contribution in [0.15, 0.2) is 48.5 Å². The Balaban J connectivity index is 1.49. The first kappa shape index (κ1) is 20.8. The van der Waals surface area contributed by atoms with Gasteiger partial charge in [-0.15, -0.1) is 0 Å². The van der Waals surface area contributed by atoms with Crippen molar-refractivity contribution in [2.24, 2.45) is 0 Å².